The number of nitrogens with zero attached hydrogens (tertiary/aromatic N) is 1. The number of aliphatic hydroxyl groups excluding tert-OH is 1. The smallest absolute Gasteiger partial charge is 0.121 e. The minimum absolute atomic E-state index is 0.641. The van der Waals surface area contributed by atoms with Crippen LogP contribution in [-0.2, 0) is 0 Å². The molecule has 1 aromatic carbocycles. The Balaban J connectivity index is 2.29. The van der Waals surface area contributed by atoms with Crippen molar-refractivity contribution >= 4 is 5.69 Å². The Hall–Kier alpha value is -1.87. The average molecular weight is 200 g/mol. The van der Waals surface area contributed by atoms with Gasteiger partial charge < -0.3 is 10.8 Å². The molecule has 0 fully saturated rings. The van der Waals surface area contributed by atoms with Crippen molar-refractivity contribution in [3.63, 3.8) is 0 Å². The van der Waals surface area contributed by atoms with Crippen LogP contribution in [0.25, 0.3) is 0 Å². The summed E-state index contributed by atoms with van der Waals surface area (Å²) in [5, 5.41) is 9.98. The number of rotatable bonds is 2. The summed E-state index contributed by atoms with van der Waals surface area (Å²) >= 11 is 0. The first-order chi connectivity index (χ1) is 7.27. The van der Waals surface area contributed by atoms with Crippen molar-refractivity contribution in [2.45, 2.75) is 6.10 Å². The lowest BCUT2D eigenvalue weighted by molar-refractivity contribution is 0.215. The second-order valence-corrected chi connectivity index (χ2v) is 3.32. The molecular formula is C12H12N2O. The summed E-state index contributed by atoms with van der Waals surface area (Å²) in [6.45, 7) is 0. The van der Waals surface area contributed by atoms with Crippen LogP contribution >= 0.6 is 0 Å². The lowest BCUT2D eigenvalue weighted by Crippen LogP contribution is -2.01. The first-order valence-corrected chi connectivity index (χ1v) is 4.72. The highest BCUT2D eigenvalue weighted by Crippen LogP contribution is 2.20. The van der Waals surface area contributed by atoms with Gasteiger partial charge in [-0.05, 0) is 29.8 Å². The Morgan fingerprint density at radius 3 is 2.40 bits per heavy atom. The maximum absolute atomic E-state index is 9.98. The minimum Gasteiger partial charge on any atom is -0.399 e. The normalized spacial score (nSPS) is 12.3. The summed E-state index contributed by atoms with van der Waals surface area (Å²) in [6, 6.07) is 12.6. The Bertz CT molecular complexity index is 425. The predicted molar refractivity (Wildman–Crippen MR) is 59.2 cm³/mol. The van der Waals surface area contributed by atoms with E-state index in [1.165, 1.54) is 0 Å². The maximum atomic E-state index is 9.98. The molecular weight excluding hydrogens is 188 g/mol. The molecule has 76 valence electrons. The Morgan fingerprint density at radius 1 is 1.07 bits per heavy atom. The van der Waals surface area contributed by atoms with Crippen LogP contribution in [0, 0.1) is 0 Å². The third-order valence-electron chi connectivity index (χ3n) is 2.22. The van der Waals surface area contributed by atoms with Gasteiger partial charge in [-0.15, -0.1) is 0 Å². The monoisotopic (exact) mass is 200 g/mol. The fourth-order valence-electron chi connectivity index (χ4n) is 1.39. The van der Waals surface area contributed by atoms with Crippen molar-refractivity contribution in [2.75, 3.05) is 5.73 Å². The number of nitrogens with two attached hydrogens (primary N) is 1. The molecule has 1 atom stereocenters. The quantitative estimate of drug-likeness (QED) is 0.726. The molecule has 1 aromatic heterocycles. The van der Waals surface area contributed by atoms with Crippen molar-refractivity contribution in [1.82, 2.24) is 4.98 Å². The number of benzene rings is 1. The number of anilines is 1. The highest BCUT2D eigenvalue weighted by atomic mass is 16.3. The van der Waals surface area contributed by atoms with E-state index >= 15 is 0 Å². The molecule has 0 spiro atoms. The summed E-state index contributed by atoms with van der Waals surface area (Å²) in [7, 11) is 0. The van der Waals surface area contributed by atoms with Crippen molar-refractivity contribution in [3.8, 4) is 0 Å². The topological polar surface area (TPSA) is 59.1 Å². The number of aliphatic hydroxyl groups is 1. The van der Waals surface area contributed by atoms with E-state index in [9.17, 15) is 5.11 Å². The predicted octanol–water partition coefficient (Wildman–Crippen LogP) is 1.75. The van der Waals surface area contributed by atoms with Crippen LogP contribution in [0.1, 0.15) is 17.4 Å². The summed E-state index contributed by atoms with van der Waals surface area (Å²) < 4.78 is 0. The van der Waals surface area contributed by atoms with Crippen LogP contribution in [0.5, 0.6) is 0 Å². The van der Waals surface area contributed by atoms with Crippen molar-refractivity contribution in [2.24, 2.45) is 0 Å². The highest BCUT2D eigenvalue weighted by Gasteiger charge is 2.10. The molecule has 0 bridgehead atoms. The second-order valence-electron chi connectivity index (χ2n) is 3.32. The van der Waals surface area contributed by atoms with Gasteiger partial charge in [0.05, 0.1) is 5.69 Å². The van der Waals surface area contributed by atoms with Gasteiger partial charge in [0.25, 0.3) is 0 Å². The third-order valence-corrected chi connectivity index (χ3v) is 2.22. The molecule has 0 aliphatic carbocycles. The van der Waals surface area contributed by atoms with Gasteiger partial charge in [-0.25, -0.2) is 0 Å². The molecule has 3 nitrogen and oxygen atoms in total. The largest absolute Gasteiger partial charge is 0.399 e. The first-order valence-electron chi connectivity index (χ1n) is 4.72. The van der Waals surface area contributed by atoms with E-state index in [1.54, 1.807) is 36.5 Å². The zero-order chi connectivity index (χ0) is 10.7. The zero-order valence-corrected chi connectivity index (χ0v) is 8.17. The number of hydrogen-bond acceptors (Lipinski definition) is 3. The Morgan fingerprint density at radius 2 is 1.80 bits per heavy atom. The Labute approximate surface area is 88.2 Å². The lowest BCUT2D eigenvalue weighted by atomic mass is 10.1. The standard InChI is InChI=1S/C12H12N2O/c13-10-6-4-9(5-7-10)12(15)11-3-1-2-8-14-11/h1-8,12,15H,13H2/t12-/m1/s1. The van der Waals surface area contributed by atoms with E-state index < -0.39 is 6.10 Å². The van der Waals surface area contributed by atoms with Gasteiger partial charge in [-0.1, -0.05) is 18.2 Å². The van der Waals surface area contributed by atoms with Crippen LogP contribution in [0.15, 0.2) is 48.7 Å². The van der Waals surface area contributed by atoms with Crippen LogP contribution < -0.4 is 5.73 Å². The van der Waals surface area contributed by atoms with E-state index in [4.69, 9.17) is 5.73 Å². The second kappa shape index (κ2) is 4.11. The third kappa shape index (κ3) is 2.14. The summed E-state index contributed by atoms with van der Waals surface area (Å²) in [5.74, 6) is 0. The molecule has 2 rings (SSSR count). The average Bonchev–Trinajstić information content (AvgIpc) is 2.30. The molecule has 0 aliphatic heterocycles. The fourth-order valence-corrected chi connectivity index (χ4v) is 1.39. The Kier molecular flexibility index (Phi) is 2.65. The van der Waals surface area contributed by atoms with Gasteiger partial charge in [0.2, 0.25) is 0 Å². The molecule has 3 heteroatoms. The van der Waals surface area contributed by atoms with Crippen LogP contribution in [0.4, 0.5) is 5.69 Å². The SMILES string of the molecule is Nc1ccc([C@@H](O)c2ccccn2)cc1. The van der Waals surface area contributed by atoms with Crippen LogP contribution in [0.3, 0.4) is 0 Å². The van der Waals surface area contributed by atoms with E-state index in [2.05, 4.69) is 4.98 Å². The van der Waals surface area contributed by atoms with Gasteiger partial charge in [0.15, 0.2) is 0 Å². The van der Waals surface area contributed by atoms with Crippen molar-refractivity contribution in [3.05, 3.63) is 59.9 Å². The van der Waals surface area contributed by atoms with Crippen LogP contribution in [-0.4, -0.2) is 10.1 Å². The van der Waals surface area contributed by atoms with Gasteiger partial charge in [0.1, 0.15) is 6.10 Å². The molecule has 0 saturated heterocycles. The fraction of sp³-hybridized carbons (Fsp3) is 0.0833. The molecule has 3 N–H and O–H groups in total. The molecule has 0 aliphatic rings. The minimum atomic E-state index is -0.688. The van der Waals surface area contributed by atoms with E-state index in [0.717, 1.165) is 5.56 Å². The molecule has 0 unspecified atom stereocenters. The molecule has 0 amide bonds. The van der Waals surface area contributed by atoms with Gasteiger partial charge >= 0.3 is 0 Å². The van der Waals surface area contributed by atoms with Gasteiger partial charge in [-0.3, -0.25) is 4.98 Å². The van der Waals surface area contributed by atoms with Crippen molar-refractivity contribution in [1.29, 1.82) is 0 Å². The van der Waals surface area contributed by atoms with Crippen molar-refractivity contribution < 1.29 is 5.11 Å². The molecule has 0 radical (unpaired) electrons. The van der Waals surface area contributed by atoms with Crippen LogP contribution in [0.2, 0.25) is 0 Å². The molecule has 0 saturated carbocycles. The molecule has 2 aromatic rings. The number of hydrogen-bond donors (Lipinski definition) is 2. The lowest BCUT2D eigenvalue weighted by Gasteiger charge is -2.10. The van der Waals surface area contributed by atoms with E-state index in [-0.39, 0.29) is 0 Å². The van der Waals surface area contributed by atoms with E-state index in [1.807, 2.05) is 12.1 Å². The number of nitrogen functional groups attached to an aromatic ring is 1. The summed E-state index contributed by atoms with van der Waals surface area (Å²) in [6.07, 6.45) is 0.974. The highest BCUT2D eigenvalue weighted by molar-refractivity contribution is 5.41. The maximum Gasteiger partial charge on any atom is 0.121 e. The first kappa shape index (κ1) is 9.68. The summed E-state index contributed by atoms with van der Waals surface area (Å²) in [5.41, 5.74) is 7.69. The zero-order valence-electron chi connectivity index (χ0n) is 8.17. The number of pyridine rings is 1. The van der Waals surface area contributed by atoms with Gasteiger partial charge in [-0.2, -0.15) is 0 Å². The number of aromatic nitrogens is 1. The van der Waals surface area contributed by atoms with Gasteiger partial charge in [0, 0.05) is 11.9 Å². The molecule has 1 heterocycles. The molecule has 15 heavy (non-hydrogen) atoms. The summed E-state index contributed by atoms with van der Waals surface area (Å²) in [4.78, 5) is 4.10. The van der Waals surface area contributed by atoms with E-state index in [0.29, 0.717) is 11.4 Å².